The van der Waals surface area contributed by atoms with Crippen molar-refractivity contribution in [2.24, 2.45) is 18.7 Å². The molecule has 0 amide bonds. The third-order valence-corrected chi connectivity index (χ3v) is 5.48. The Labute approximate surface area is 108 Å². The van der Waals surface area contributed by atoms with Gasteiger partial charge in [0.2, 0.25) is 0 Å². The standard InChI is InChI=1S/C11H20N4O2S/c1-9(12)10-4-3-7-15(8-10)18(16,17)11-5-6-13-14(11)2/h5-6,9-10H,3-4,7-8,12H2,1-2H3. The summed E-state index contributed by atoms with van der Waals surface area (Å²) in [7, 11) is -1.80. The van der Waals surface area contributed by atoms with Gasteiger partial charge in [0.1, 0.15) is 0 Å². The molecule has 1 aromatic heterocycles. The van der Waals surface area contributed by atoms with E-state index in [9.17, 15) is 8.42 Å². The first-order valence-corrected chi connectivity index (χ1v) is 7.60. The molecule has 0 saturated carbocycles. The van der Waals surface area contributed by atoms with Gasteiger partial charge in [0.15, 0.2) is 5.03 Å². The molecular formula is C11H20N4O2S. The first-order chi connectivity index (χ1) is 8.43. The molecule has 0 aromatic carbocycles. The Bertz CT molecular complexity index is 509. The quantitative estimate of drug-likeness (QED) is 0.850. The van der Waals surface area contributed by atoms with Crippen LogP contribution in [0.3, 0.4) is 0 Å². The molecule has 7 heteroatoms. The van der Waals surface area contributed by atoms with Crippen molar-refractivity contribution in [2.75, 3.05) is 13.1 Å². The van der Waals surface area contributed by atoms with Crippen molar-refractivity contribution in [2.45, 2.75) is 30.8 Å². The highest BCUT2D eigenvalue weighted by atomic mass is 32.2. The molecule has 18 heavy (non-hydrogen) atoms. The second-order valence-electron chi connectivity index (χ2n) is 4.92. The van der Waals surface area contributed by atoms with Crippen molar-refractivity contribution >= 4 is 10.0 Å². The summed E-state index contributed by atoms with van der Waals surface area (Å²) in [4.78, 5) is 0. The molecule has 102 valence electrons. The van der Waals surface area contributed by atoms with Gasteiger partial charge in [0, 0.05) is 26.2 Å². The smallest absolute Gasteiger partial charge is 0.260 e. The average molecular weight is 272 g/mol. The van der Waals surface area contributed by atoms with Gasteiger partial charge in [-0.3, -0.25) is 4.68 Å². The molecule has 2 atom stereocenters. The third kappa shape index (κ3) is 2.43. The monoisotopic (exact) mass is 272 g/mol. The maximum atomic E-state index is 12.5. The van der Waals surface area contributed by atoms with Crippen LogP contribution in [-0.2, 0) is 17.1 Å². The minimum atomic E-state index is -3.44. The summed E-state index contributed by atoms with van der Waals surface area (Å²) >= 11 is 0. The largest absolute Gasteiger partial charge is 0.328 e. The zero-order chi connectivity index (χ0) is 13.3. The van der Waals surface area contributed by atoms with Crippen LogP contribution in [-0.4, -0.2) is 41.6 Å². The molecule has 0 spiro atoms. The normalized spacial score (nSPS) is 24.1. The molecule has 1 aliphatic heterocycles. The van der Waals surface area contributed by atoms with E-state index in [0.717, 1.165) is 12.8 Å². The summed E-state index contributed by atoms with van der Waals surface area (Å²) in [6, 6.07) is 1.56. The molecule has 2 heterocycles. The van der Waals surface area contributed by atoms with Gasteiger partial charge in [-0.15, -0.1) is 0 Å². The predicted molar refractivity (Wildman–Crippen MR) is 68.3 cm³/mol. The Balaban J connectivity index is 2.23. The Hall–Kier alpha value is -0.920. The van der Waals surface area contributed by atoms with Crippen LogP contribution in [0.2, 0.25) is 0 Å². The SMILES string of the molecule is CC(N)C1CCCN(S(=O)(=O)c2ccnn2C)C1. The fourth-order valence-electron chi connectivity index (χ4n) is 2.37. The fourth-order valence-corrected chi connectivity index (χ4v) is 4.00. The maximum Gasteiger partial charge on any atom is 0.260 e. The van der Waals surface area contributed by atoms with E-state index in [-0.39, 0.29) is 17.0 Å². The van der Waals surface area contributed by atoms with Crippen molar-refractivity contribution in [3.63, 3.8) is 0 Å². The second-order valence-corrected chi connectivity index (χ2v) is 6.80. The number of piperidine rings is 1. The lowest BCUT2D eigenvalue weighted by atomic mass is 9.93. The Morgan fingerprint density at radius 3 is 2.83 bits per heavy atom. The van der Waals surface area contributed by atoms with Crippen LogP contribution in [0.4, 0.5) is 0 Å². The Morgan fingerprint density at radius 2 is 2.28 bits per heavy atom. The van der Waals surface area contributed by atoms with Crippen LogP contribution in [0.5, 0.6) is 0 Å². The molecular weight excluding hydrogens is 252 g/mol. The molecule has 2 N–H and O–H groups in total. The number of hydrogen-bond donors (Lipinski definition) is 1. The van der Waals surface area contributed by atoms with Crippen molar-refractivity contribution in [3.05, 3.63) is 12.3 Å². The highest BCUT2D eigenvalue weighted by Gasteiger charge is 2.32. The number of aromatic nitrogens is 2. The lowest BCUT2D eigenvalue weighted by Crippen LogP contribution is -2.45. The molecule has 2 rings (SSSR count). The van der Waals surface area contributed by atoms with Crippen molar-refractivity contribution in [1.29, 1.82) is 0 Å². The molecule has 1 fully saturated rings. The topological polar surface area (TPSA) is 81.2 Å². The van der Waals surface area contributed by atoms with E-state index < -0.39 is 10.0 Å². The van der Waals surface area contributed by atoms with E-state index in [2.05, 4.69) is 5.10 Å². The maximum absolute atomic E-state index is 12.5. The van der Waals surface area contributed by atoms with Crippen molar-refractivity contribution in [1.82, 2.24) is 14.1 Å². The fraction of sp³-hybridized carbons (Fsp3) is 0.727. The van der Waals surface area contributed by atoms with E-state index >= 15 is 0 Å². The molecule has 0 radical (unpaired) electrons. The molecule has 6 nitrogen and oxygen atoms in total. The number of aryl methyl sites for hydroxylation is 1. The van der Waals surface area contributed by atoms with E-state index in [1.165, 1.54) is 21.3 Å². The molecule has 0 aliphatic carbocycles. The first-order valence-electron chi connectivity index (χ1n) is 6.16. The molecule has 1 saturated heterocycles. The van der Waals surface area contributed by atoms with E-state index in [1.807, 2.05) is 6.92 Å². The van der Waals surface area contributed by atoms with E-state index in [1.54, 1.807) is 7.05 Å². The van der Waals surface area contributed by atoms with Gasteiger partial charge in [-0.2, -0.15) is 9.40 Å². The lowest BCUT2D eigenvalue weighted by Gasteiger charge is -2.33. The molecule has 0 bridgehead atoms. The van der Waals surface area contributed by atoms with Gasteiger partial charge in [0.25, 0.3) is 10.0 Å². The van der Waals surface area contributed by atoms with Crippen molar-refractivity contribution < 1.29 is 8.42 Å². The highest BCUT2D eigenvalue weighted by molar-refractivity contribution is 7.89. The summed E-state index contributed by atoms with van der Waals surface area (Å²) in [5, 5.41) is 4.16. The summed E-state index contributed by atoms with van der Waals surface area (Å²) in [5.41, 5.74) is 5.88. The highest BCUT2D eigenvalue weighted by Crippen LogP contribution is 2.24. The molecule has 1 aliphatic rings. The van der Waals surface area contributed by atoms with Gasteiger partial charge in [-0.25, -0.2) is 8.42 Å². The van der Waals surface area contributed by atoms with Gasteiger partial charge < -0.3 is 5.73 Å². The van der Waals surface area contributed by atoms with E-state index in [4.69, 9.17) is 5.73 Å². The van der Waals surface area contributed by atoms with Gasteiger partial charge in [-0.1, -0.05) is 0 Å². The van der Waals surface area contributed by atoms with Crippen LogP contribution in [0.1, 0.15) is 19.8 Å². The van der Waals surface area contributed by atoms with Gasteiger partial charge >= 0.3 is 0 Å². The predicted octanol–water partition coefficient (Wildman–Crippen LogP) is 0.168. The molecule has 1 aromatic rings. The van der Waals surface area contributed by atoms with E-state index in [0.29, 0.717) is 13.1 Å². The van der Waals surface area contributed by atoms with Gasteiger partial charge in [-0.05, 0) is 31.7 Å². The summed E-state index contributed by atoms with van der Waals surface area (Å²) < 4.78 is 27.8. The summed E-state index contributed by atoms with van der Waals surface area (Å²) in [6.45, 7) is 3.01. The number of nitrogens with zero attached hydrogens (tertiary/aromatic N) is 3. The Kier molecular flexibility index (Phi) is 3.74. The molecule has 2 unspecified atom stereocenters. The van der Waals surface area contributed by atoms with Crippen LogP contribution in [0, 0.1) is 5.92 Å². The minimum Gasteiger partial charge on any atom is -0.328 e. The minimum absolute atomic E-state index is 0.0227. The number of hydrogen-bond acceptors (Lipinski definition) is 4. The summed E-state index contributed by atoms with van der Waals surface area (Å²) in [5.74, 6) is 0.238. The van der Waals surface area contributed by atoms with Crippen LogP contribution >= 0.6 is 0 Å². The Morgan fingerprint density at radius 1 is 1.56 bits per heavy atom. The van der Waals surface area contributed by atoms with Crippen LogP contribution in [0.25, 0.3) is 0 Å². The third-order valence-electron chi connectivity index (χ3n) is 3.54. The zero-order valence-electron chi connectivity index (χ0n) is 10.8. The zero-order valence-corrected chi connectivity index (χ0v) is 11.6. The second kappa shape index (κ2) is 4.99. The lowest BCUT2D eigenvalue weighted by molar-refractivity contribution is 0.242. The average Bonchev–Trinajstić information content (AvgIpc) is 2.76. The van der Waals surface area contributed by atoms with Gasteiger partial charge in [0.05, 0.1) is 6.20 Å². The van der Waals surface area contributed by atoms with Crippen LogP contribution < -0.4 is 5.73 Å². The number of nitrogens with two attached hydrogens (primary N) is 1. The first kappa shape index (κ1) is 13.5. The summed E-state index contributed by atoms with van der Waals surface area (Å²) in [6.07, 6.45) is 3.36. The number of rotatable bonds is 3. The number of sulfonamides is 1. The van der Waals surface area contributed by atoms with Crippen LogP contribution in [0.15, 0.2) is 17.3 Å². The van der Waals surface area contributed by atoms with Crippen molar-refractivity contribution in [3.8, 4) is 0 Å².